The van der Waals surface area contributed by atoms with Crippen LogP contribution in [0, 0.1) is 0 Å². The maximum atomic E-state index is 12.3. The van der Waals surface area contributed by atoms with Crippen molar-refractivity contribution in [3.8, 4) is 0 Å². The predicted octanol–water partition coefficient (Wildman–Crippen LogP) is 2.46. The molecule has 0 aliphatic carbocycles. The summed E-state index contributed by atoms with van der Waals surface area (Å²) in [5.74, 6) is -0.102. The van der Waals surface area contributed by atoms with Crippen molar-refractivity contribution in [2.45, 2.75) is 37.2 Å². The van der Waals surface area contributed by atoms with Crippen LogP contribution in [0.25, 0.3) is 0 Å². The number of H-pyrrole nitrogens is 1. The van der Waals surface area contributed by atoms with Gasteiger partial charge in [-0.15, -0.1) is 0 Å². The summed E-state index contributed by atoms with van der Waals surface area (Å²) in [4.78, 5) is 19.6. The molecule has 0 radical (unpaired) electrons. The number of amides is 1. The van der Waals surface area contributed by atoms with Crippen LogP contribution in [-0.4, -0.2) is 36.1 Å². The zero-order valence-corrected chi connectivity index (χ0v) is 15.6. The Bertz CT molecular complexity index is 888. The van der Waals surface area contributed by atoms with E-state index in [4.69, 9.17) is 11.6 Å². The first-order chi connectivity index (χ1) is 11.8. The molecular formula is C17H20ClN3O3S. The molecule has 0 saturated carbocycles. The van der Waals surface area contributed by atoms with Gasteiger partial charge in [0.25, 0.3) is 5.91 Å². The topological polar surface area (TPSA) is 91.9 Å². The minimum Gasteiger partial charge on any atom is -0.350 e. The van der Waals surface area contributed by atoms with Crippen molar-refractivity contribution in [2.24, 2.45) is 0 Å². The monoisotopic (exact) mass is 381 g/mol. The van der Waals surface area contributed by atoms with Gasteiger partial charge in [0.2, 0.25) is 0 Å². The highest BCUT2D eigenvalue weighted by Gasteiger charge is 2.28. The molecule has 8 heteroatoms. The molecule has 0 bridgehead atoms. The molecule has 2 heterocycles. The van der Waals surface area contributed by atoms with E-state index in [-0.39, 0.29) is 23.3 Å². The molecule has 1 atom stereocenters. The second-order valence-corrected chi connectivity index (χ2v) is 9.52. The Morgan fingerprint density at radius 3 is 2.60 bits per heavy atom. The summed E-state index contributed by atoms with van der Waals surface area (Å²) in [7, 11) is -3.29. The highest BCUT2D eigenvalue weighted by molar-refractivity contribution is 7.91. The van der Waals surface area contributed by atoms with Crippen molar-refractivity contribution >= 4 is 27.3 Å². The number of nitrogens with one attached hydrogen (secondary N) is 2. The van der Waals surface area contributed by atoms with Crippen LogP contribution in [0.3, 0.4) is 0 Å². The lowest BCUT2D eigenvalue weighted by Crippen LogP contribution is -2.26. The van der Waals surface area contributed by atoms with E-state index in [1.807, 2.05) is 24.3 Å². The van der Waals surface area contributed by atoms with E-state index in [1.54, 1.807) is 13.8 Å². The van der Waals surface area contributed by atoms with E-state index in [2.05, 4.69) is 15.3 Å². The molecule has 1 aliphatic rings. The van der Waals surface area contributed by atoms with Crippen LogP contribution in [0.4, 0.5) is 0 Å². The Kier molecular flexibility index (Phi) is 4.88. The van der Waals surface area contributed by atoms with Crippen molar-refractivity contribution in [3.05, 3.63) is 52.1 Å². The first-order valence-electron chi connectivity index (χ1n) is 8.09. The number of rotatable bonds is 4. The van der Waals surface area contributed by atoms with E-state index in [0.29, 0.717) is 29.5 Å². The molecule has 1 aromatic heterocycles. The van der Waals surface area contributed by atoms with Gasteiger partial charge in [0.15, 0.2) is 9.84 Å². The van der Waals surface area contributed by atoms with Gasteiger partial charge in [0, 0.05) is 23.2 Å². The van der Waals surface area contributed by atoms with Crippen LogP contribution in [0.1, 0.15) is 47.3 Å². The fraction of sp³-hybridized carbons (Fsp3) is 0.412. The molecular weight excluding hydrogens is 362 g/mol. The molecule has 1 aliphatic heterocycles. The molecule has 0 unspecified atom stereocenters. The van der Waals surface area contributed by atoms with Gasteiger partial charge >= 0.3 is 0 Å². The fourth-order valence-corrected chi connectivity index (χ4v) is 3.79. The van der Waals surface area contributed by atoms with Gasteiger partial charge in [-0.1, -0.05) is 23.7 Å². The summed E-state index contributed by atoms with van der Waals surface area (Å²) >= 11 is 5.93. The summed E-state index contributed by atoms with van der Waals surface area (Å²) in [5.41, 5.74) is 2.01. The second-order valence-electron chi connectivity index (χ2n) is 6.53. The summed E-state index contributed by atoms with van der Waals surface area (Å²) in [5, 5.41) is 3.02. The molecule has 0 saturated heterocycles. The van der Waals surface area contributed by atoms with Gasteiger partial charge in [0.1, 0.15) is 17.3 Å². The minimum absolute atomic E-state index is 0.0671. The van der Waals surface area contributed by atoms with Crippen LogP contribution in [0.2, 0.25) is 5.02 Å². The number of halogens is 1. The first-order valence-corrected chi connectivity index (χ1v) is 10.2. The fourth-order valence-electron chi connectivity index (χ4n) is 2.81. The van der Waals surface area contributed by atoms with E-state index in [1.165, 1.54) is 0 Å². The SMILES string of the molecule is CC(C)S(=O)(=O)Cc1nc2c([nH]1)C[C@@H](c1ccc(Cl)cc1)CNC2=O. The molecule has 1 aromatic carbocycles. The number of carbonyl (C=O) groups is 1. The lowest BCUT2D eigenvalue weighted by molar-refractivity contribution is 0.0950. The van der Waals surface area contributed by atoms with Crippen LogP contribution in [-0.2, 0) is 22.0 Å². The molecule has 134 valence electrons. The van der Waals surface area contributed by atoms with Crippen LogP contribution < -0.4 is 5.32 Å². The van der Waals surface area contributed by atoms with Gasteiger partial charge in [0.05, 0.1) is 5.25 Å². The Balaban J connectivity index is 1.89. The minimum atomic E-state index is -3.29. The van der Waals surface area contributed by atoms with Crippen LogP contribution in [0.5, 0.6) is 0 Å². The number of aromatic amines is 1. The third-order valence-electron chi connectivity index (χ3n) is 4.40. The van der Waals surface area contributed by atoms with Crippen LogP contribution in [0.15, 0.2) is 24.3 Å². The molecule has 6 nitrogen and oxygen atoms in total. The number of sulfone groups is 1. The van der Waals surface area contributed by atoms with Gasteiger partial charge in [-0.2, -0.15) is 0 Å². The van der Waals surface area contributed by atoms with E-state index in [9.17, 15) is 13.2 Å². The zero-order chi connectivity index (χ0) is 18.2. The highest BCUT2D eigenvalue weighted by Crippen LogP contribution is 2.26. The number of carbonyl (C=O) groups excluding carboxylic acids is 1. The molecule has 2 aromatic rings. The Morgan fingerprint density at radius 2 is 1.96 bits per heavy atom. The van der Waals surface area contributed by atoms with E-state index >= 15 is 0 Å². The molecule has 25 heavy (non-hydrogen) atoms. The molecule has 3 rings (SSSR count). The Hall–Kier alpha value is -1.86. The summed E-state index contributed by atoms with van der Waals surface area (Å²) < 4.78 is 24.2. The van der Waals surface area contributed by atoms with Gasteiger partial charge < -0.3 is 10.3 Å². The molecule has 1 amide bonds. The average molecular weight is 382 g/mol. The van der Waals surface area contributed by atoms with Crippen LogP contribution >= 0.6 is 11.6 Å². The van der Waals surface area contributed by atoms with E-state index in [0.717, 1.165) is 5.56 Å². The van der Waals surface area contributed by atoms with E-state index < -0.39 is 15.1 Å². The zero-order valence-electron chi connectivity index (χ0n) is 14.0. The van der Waals surface area contributed by atoms with Gasteiger partial charge in [-0.3, -0.25) is 4.79 Å². The third-order valence-corrected chi connectivity index (χ3v) is 6.76. The lowest BCUT2D eigenvalue weighted by atomic mass is 9.94. The summed E-state index contributed by atoms with van der Waals surface area (Å²) in [6, 6.07) is 7.51. The normalized spacial score (nSPS) is 17.9. The maximum absolute atomic E-state index is 12.3. The predicted molar refractivity (Wildman–Crippen MR) is 96.6 cm³/mol. The number of nitrogens with zero attached hydrogens (tertiary/aromatic N) is 1. The number of hydrogen-bond donors (Lipinski definition) is 2. The number of imidazole rings is 1. The number of benzene rings is 1. The average Bonchev–Trinajstić information content (AvgIpc) is 2.86. The van der Waals surface area contributed by atoms with Crippen molar-refractivity contribution in [1.29, 1.82) is 0 Å². The molecule has 2 N–H and O–H groups in total. The van der Waals surface area contributed by atoms with Crippen molar-refractivity contribution in [3.63, 3.8) is 0 Å². The third kappa shape index (κ3) is 3.88. The second kappa shape index (κ2) is 6.80. The Morgan fingerprint density at radius 1 is 1.28 bits per heavy atom. The number of hydrogen-bond acceptors (Lipinski definition) is 4. The summed E-state index contributed by atoms with van der Waals surface area (Å²) in [6.45, 7) is 3.75. The Labute approximate surface area is 151 Å². The lowest BCUT2D eigenvalue weighted by Gasteiger charge is -2.14. The van der Waals surface area contributed by atoms with Gasteiger partial charge in [-0.05, 0) is 38.0 Å². The van der Waals surface area contributed by atoms with Crippen molar-refractivity contribution in [2.75, 3.05) is 6.54 Å². The highest BCUT2D eigenvalue weighted by atomic mass is 35.5. The number of aromatic nitrogens is 2. The maximum Gasteiger partial charge on any atom is 0.271 e. The van der Waals surface area contributed by atoms with Gasteiger partial charge in [-0.25, -0.2) is 13.4 Å². The largest absolute Gasteiger partial charge is 0.350 e. The summed E-state index contributed by atoms with van der Waals surface area (Å²) in [6.07, 6.45) is 0.574. The molecule has 0 spiro atoms. The van der Waals surface area contributed by atoms with Crippen molar-refractivity contribution < 1.29 is 13.2 Å². The number of fused-ring (bicyclic) bond motifs is 1. The standard InChI is InChI=1S/C17H20ClN3O3S/c1-10(2)25(23,24)9-15-20-14-7-12(8-19-17(22)16(14)21-15)11-3-5-13(18)6-4-11/h3-6,10,12H,7-9H2,1-2H3,(H,19,22)(H,20,21)/t12-/m1/s1. The van der Waals surface area contributed by atoms with Crippen molar-refractivity contribution in [1.82, 2.24) is 15.3 Å². The quantitative estimate of drug-likeness (QED) is 0.850. The molecule has 0 fully saturated rings. The first kappa shape index (κ1) is 17.9. The smallest absolute Gasteiger partial charge is 0.271 e.